The van der Waals surface area contributed by atoms with Crippen LogP contribution in [0, 0.1) is 10.6 Å². The summed E-state index contributed by atoms with van der Waals surface area (Å²) in [5.41, 5.74) is 0.364. The van der Waals surface area contributed by atoms with Crippen LogP contribution in [-0.2, 0) is 0 Å². The fraction of sp³-hybridized carbons (Fsp3) is 0.545. The summed E-state index contributed by atoms with van der Waals surface area (Å²) < 4.78 is 6.38. The molecule has 0 aromatic carbocycles. The molecule has 0 aliphatic heterocycles. The molecule has 0 saturated heterocycles. The predicted molar refractivity (Wildman–Crippen MR) is 52.9 cm³/mol. The molecule has 0 amide bonds. The Kier molecular flexibility index (Phi) is 2.32. The average Bonchev–Trinajstić information content (AvgIpc) is 2.14. The number of hydrogen-bond acceptors (Lipinski definition) is 2. The van der Waals surface area contributed by atoms with E-state index in [0.717, 1.165) is 17.1 Å². The maximum Gasteiger partial charge on any atom is 0.184 e. The molecule has 0 bridgehead atoms. The van der Waals surface area contributed by atoms with Crippen molar-refractivity contribution in [3.05, 3.63) is 29.7 Å². The molecule has 1 saturated carbocycles. The Bertz CT molecular complexity index is 304. The fourth-order valence-electron chi connectivity index (χ4n) is 1.68. The number of hydrogen-bond donors (Lipinski definition) is 0. The van der Waals surface area contributed by atoms with Gasteiger partial charge in [-0.3, -0.25) is 0 Å². The molecule has 1 aliphatic carbocycles. The van der Waals surface area contributed by atoms with Crippen molar-refractivity contribution >= 4 is 0 Å². The Morgan fingerprint density at radius 3 is 2.57 bits per heavy atom. The van der Waals surface area contributed by atoms with Crippen molar-refractivity contribution in [3.8, 4) is 5.75 Å². The first kappa shape index (κ1) is 9.31. The van der Waals surface area contributed by atoms with Gasteiger partial charge in [0.15, 0.2) is 12.4 Å². The van der Waals surface area contributed by atoms with E-state index in [2.05, 4.69) is 6.92 Å². The van der Waals surface area contributed by atoms with Crippen molar-refractivity contribution < 1.29 is 9.47 Å². The van der Waals surface area contributed by atoms with Crippen LogP contribution >= 0.6 is 0 Å². The van der Waals surface area contributed by atoms with Crippen molar-refractivity contribution in [1.29, 1.82) is 0 Å². The van der Waals surface area contributed by atoms with Crippen molar-refractivity contribution in [2.24, 2.45) is 5.41 Å². The van der Waals surface area contributed by atoms with Crippen LogP contribution in [0.4, 0.5) is 0 Å². The third-order valence-electron chi connectivity index (χ3n) is 2.92. The average molecular weight is 193 g/mol. The molecular weight excluding hydrogens is 178 g/mol. The zero-order chi connectivity index (χ0) is 10.0. The van der Waals surface area contributed by atoms with Crippen LogP contribution in [0.15, 0.2) is 24.5 Å². The number of nitrogens with zero attached hydrogens (tertiary/aromatic N) is 1. The van der Waals surface area contributed by atoms with Gasteiger partial charge in [0.25, 0.3) is 0 Å². The standard InChI is InChI=1S/C11H15NO2/c1-11(5-2-6-11)9-14-10-3-7-12(13)8-4-10/h3-4,7-8H,2,5-6,9H2,1H3. The molecule has 3 heteroatoms. The summed E-state index contributed by atoms with van der Waals surface area (Å²) in [6.45, 7) is 3.00. The van der Waals surface area contributed by atoms with E-state index in [1.54, 1.807) is 12.1 Å². The summed E-state index contributed by atoms with van der Waals surface area (Å²) in [5, 5.41) is 10.8. The number of ether oxygens (including phenoxy) is 1. The number of aromatic nitrogens is 1. The SMILES string of the molecule is CC1(COc2cc[n+]([O-])cc2)CCC1. The van der Waals surface area contributed by atoms with Crippen LogP contribution in [-0.4, -0.2) is 6.61 Å². The minimum Gasteiger partial charge on any atom is -0.619 e. The van der Waals surface area contributed by atoms with Gasteiger partial charge in [-0.2, -0.15) is 4.73 Å². The summed E-state index contributed by atoms with van der Waals surface area (Å²) >= 11 is 0. The monoisotopic (exact) mass is 193 g/mol. The van der Waals surface area contributed by atoms with Crippen molar-refractivity contribution in [2.45, 2.75) is 26.2 Å². The van der Waals surface area contributed by atoms with Gasteiger partial charge in [-0.15, -0.1) is 0 Å². The number of pyridine rings is 1. The molecule has 1 aromatic rings. The van der Waals surface area contributed by atoms with E-state index in [0.29, 0.717) is 5.41 Å². The van der Waals surface area contributed by atoms with Crippen molar-refractivity contribution in [3.63, 3.8) is 0 Å². The van der Waals surface area contributed by atoms with E-state index in [4.69, 9.17) is 4.74 Å². The first-order valence-corrected chi connectivity index (χ1v) is 5.00. The molecule has 1 heterocycles. The lowest BCUT2D eigenvalue weighted by Gasteiger charge is -2.37. The van der Waals surface area contributed by atoms with Gasteiger partial charge in [0.1, 0.15) is 5.75 Å². The molecule has 1 aromatic heterocycles. The van der Waals surface area contributed by atoms with Gasteiger partial charge < -0.3 is 9.94 Å². The third kappa shape index (κ3) is 1.97. The molecule has 14 heavy (non-hydrogen) atoms. The zero-order valence-corrected chi connectivity index (χ0v) is 8.40. The van der Waals surface area contributed by atoms with Crippen LogP contribution in [0.5, 0.6) is 5.75 Å². The van der Waals surface area contributed by atoms with Gasteiger partial charge >= 0.3 is 0 Å². The Balaban J connectivity index is 1.88. The predicted octanol–water partition coefficient (Wildman–Crippen LogP) is 1.89. The molecule has 3 nitrogen and oxygen atoms in total. The summed E-state index contributed by atoms with van der Waals surface area (Å²) in [4.78, 5) is 0. The highest BCUT2D eigenvalue weighted by molar-refractivity contribution is 5.15. The second kappa shape index (κ2) is 3.48. The van der Waals surface area contributed by atoms with Crippen LogP contribution < -0.4 is 9.47 Å². The first-order chi connectivity index (χ1) is 6.68. The molecule has 0 N–H and O–H groups in total. The molecule has 0 atom stereocenters. The second-order valence-electron chi connectivity index (χ2n) is 4.35. The zero-order valence-electron chi connectivity index (χ0n) is 8.40. The molecule has 76 valence electrons. The largest absolute Gasteiger partial charge is 0.619 e. The van der Waals surface area contributed by atoms with E-state index in [1.165, 1.54) is 31.7 Å². The first-order valence-electron chi connectivity index (χ1n) is 5.00. The van der Waals surface area contributed by atoms with Gasteiger partial charge in [0.2, 0.25) is 0 Å². The maximum absolute atomic E-state index is 10.8. The minimum atomic E-state index is 0.364. The van der Waals surface area contributed by atoms with Gasteiger partial charge in [0, 0.05) is 17.5 Å². The number of rotatable bonds is 3. The summed E-state index contributed by atoms with van der Waals surface area (Å²) in [6, 6.07) is 3.41. The fourth-order valence-corrected chi connectivity index (χ4v) is 1.68. The lowest BCUT2D eigenvalue weighted by atomic mass is 9.71. The van der Waals surface area contributed by atoms with Crippen molar-refractivity contribution in [1.82, 2.24) is 0 Å². The quantitative estimate of drug-likeness (QED) is 0.543. The normalized spacial score (nSPS) is 18.6. The highest BCUT2D eigenvalue weighted by Crippen LogP contribution is 2.40. The Hall–Kier alpha value is -1.25. The van der Waals surface area contributed by atoms with Gasteiger partial charge in [0.05, 0.1) is 6.61 Å². The van der Waals surface area contributed by atoms with E-state index in [1.807, 2.05) is 0 Å². The van der Waals surface area contributed by atoms with Gasteiger partial charge in [-0.25, -0.2) is 0 Å². The second-order valence-corrected chi connectivity index (χ2v) is 4.35. The topological polar surface area (TPSA) is 36.2 Å². The molecule has 1 fully saturated rings. The maximum atomic E-state index is 10.8. The van der Waals surface area contributed by atoms with E-state index < -0.39 is 0 Å². The molecule has 0 radical (unpaired) electrons. The summed E-state index contributed by atoms with van der Waals surface area (Å²) in [7, 11) is 0. The molecule has 1 aliphatic rings. The van der Waals surface area contributed by atoms with Crippen LogP contribution in [0.1, 0.15) is 26.2 Å². The summed E-state index contributed by atoms with van der Waals surface area (Å²) in [5.74, 6) is 0.783. The Labute approximate surface area is 83.9 Å². The lowest BCUT2D eigenvalue weighted by Crippen LogP contribution is -2.32. The molecule has 2 rings (SSSR count). The minimum absolute atomic E-state index is 0.364. The molecule has 0 spiro atoms. The van der Waals surface area contributed by atoms with Gasteiger partial charge in [-0.1, -0.05) is 13.3 Å². The van der Waals surface area contributed by atoms with E-state index >= 15 is 0 Å². The third-order valence-corrected chi connectivity index (χ3v) is 2.92. The van der Waals surface area contributed by atoms with E-state index in [-0.39, 0.29) is 0 Å². The van der Waals surface area contributed by atoms with Gasteiger partial charge in [-0.05, 0) is 12.8 Å². The molecule has 0 unspecified atom stereocenters. The van der Waals surface area contributed by atoms with Crippen LogP contribution in [0.3, 0.4) is 0 Å². The Morgan fingerprint density at radius 1 is 1.43 bits per heavy atom. The van der Waals surface area contributed by atoms with E-state index in [9.17, 15) is 5.21 Å². The van der Waals surface area contributed by atoms with Crippen molar-refractivity contribution in [2.75, 3.05) is 6.61 Å². The highest BCUT2D eigenvalue weighted by atomic mass is 16.5. The summed E-state index contributed by atoms with van der Waals surface area (Å²) in [6.07, 6.45) is 6.73. The molecular formula is C11H15NO2. The smallest absolute Gasteiger partial charge is 0.184 e. The lowest BCUT2D eigenvalue weighted by molar-refractivity contribution is -0.605. The van der Waals surface area contributed by atoms with Crippen LogP contribution in [0.2, 0.25) is 0 Å². The Morgan fingerprint density at radius 2 is 2.07 bits per heavy atom. The van der Waals surface area contributed by atoms with Crippen LogP contribution in [0.25, 0.3) is 0 Å². The highest BCUT2D eigenvalue weighted by Gasteiger charge is 2.32.